The SMILES string of the molecule is O=C(CC1CCNCC1)NC[C@H]1CC[C@@H](Oc2ccccc2)[C@@H]1O. The molecule has 1 aliphatic heterocycles. The zero-order valence-corrected chi connectivity index (χ0v) is 14.1. The molecule has 132 valence electrons. The molecule has 3 rings (SSSR count). The number of ether oxygens (including phenoxy) is 1. The molecule has 3 atom stereocenters. The molecule has 5 nitrogen and oxygen atoms in total. The fourth-order valence-corrected chi connectivity index (χ4v) is 3.71. The fourth-order valence-electron chi connectivity index (χ4n) is 3.71. The van der Waals surface area contributed by atoms with Gasteiger partial charge in [-0.15, -0.1) is 0 Å². The van der Waals surface area contributed by atoms with Crippen molar-refractivity contribution in [2.24, 2.45) is 11.8 Å². The van der Waals surface area contributed by atoms with Crippen LogP contribution in [0.25, 0.3) is 0 Å². The molecule has 5 heteroatoms. The van der Waals surface area contributed by atoms with Crippen molar-refractivity contribution >= 4 is 5.91 Å². The zero-order valence-electron chi connectivity index (χ0n) is 14.1. The second kappa shape index (κ2) is 8.49. The number of piperidine rings is 1. The first kappa shape index (κ1) is 17.2. The van der Waals surface area contributed by atoms with Crippen molar-refractivity contribution in [2.75, 3.05) is 19.6 Å². The van der Waals surface area contributed by atoms with Gasteiger partial charge in [0.2, 0.25) is 5.91 Å². The van der Waals surface area contributed by atoms with Crippen molar-refractivity contribution in [3.63, 3.8) is 0 Å². The van der Waals surface area contributed by atoms with E-state index in [0.29, 0.717) is 18.9 Å². The number of rotatable bonds is 6. The summed E-state index contributed by atoms with van der Waals surface area (Å²) < 4.78 is 5.88. The molecule has 24 heavy (non-hydrogen) atoms. The van der Waals surface area contributed by atoms with Crippen molar-refractivity contribution in [3.8, 4) is 5.75 Å². The molecule has 0 bridgehead atoms. The van der Waals surface area contributed by atoms with Crippen LogP contribution in [0.3, 0.4) is 0 Å². The van der Waals surface area contributed by atoms with E-state index in [-0.39, 0.29) is 17.9 Å². The first-order valence-electron chi connectivity index (χ1n) is 9.09. The van der Waals surface area contributed by atoms with Crippen LogP contribution < -0.4 is 15.4 Å². The quantitative estimate of drug-likeness (QED) is 0.742. The lowest BCUT2D eigenvalue weighted by Crippen LogP contribution is -2.38. The van der Waals surface area contributed by atoms with Gasteiger partial charge in [0, 0.05) is 18.9 Å². The summed E-state index contributed by atoms with van der Waals surface area (Å²) in [5.41, 5.74) is 0. The van der Waals surface area contributed by atoms with Gasteiger partial charge in [-0.3, -0.25) is 4.79 Å². The van der Waals surface area contributed by atoms with Gasteiger partial charge in [0.1, 0.15) is 11.9 Å². The van der Waals surface area contributed by atoms with Crippen molar-refractivity contribution in [3.05, 3.63) is 30.3 Å². The van der Waals surface area contributed by atoms with Crippen molar-refractivity contribution in [1.82, 2.24) is 10.6 Å². The number of hydrogen-bond acceptors (Lipinski definition) is 4. The minimum Gasteiger partial charge on any atom is -0.488 e. The van der Waals surface area contributed by atoms with E-state index in [2.05, 4.69) is 10.6 Å². The highest BCUT2D eigenvalue weighted by Crippen LogP contribution is 2.29. The molecule has 0 radical (unpaired) electrons. The van der Waals surface area contributed by atoms with Gasteiger partial charge in [-0.05, 0) is 56.8 Å². The lowest BCUT2D eigenvalue weighted by molar-refractivity contribution is -0.122. The molecule has 2 fully saturated rings. The number of nitrogens with one attached hydrogen (secondary N) is 2. The van der Waals surface area contributed by atoms with E-state index in [9.17, 15) is 9.90 Å². The van der Waals surface area contributed by atoms with E-state index in [0.717, 1.165) is 44.5 Å². The molecule has 1 aliphatic carbocycles. The number of hydrogen-bond donors (Lipinski definition) is 3. The maximum Gasteiger partial charge on any atom is 0.220 e. The summed E-state index contributed by atoms with van der Waals surface area (Å²) in [6.07, 6.45) is 3.76. The molecule has 1 aromatic rings. The van der Waals surface area contributed by atoms with Gasteiger partial charge in [0.15, 0.2) is 0 Å². The van der Waals surface area contributed by atoms with Crippen LogP contribution in [0.15, 0.2) is 30.3 Å². The molecule has 1 aromatic carbocycles. The molecule has 3 N–H and O–H groups in total. The van der Waals surface area contributed by atoms with Crippen LogP contribution in [0.4, 0.5) is 0 Å². The number of carbonyl (C=O) groups excluding carboxylic acids is 1. The Bertz CT molecular complexity index is 517. The minimum absolute atomic E-state index is 0.0793. The number of benzene rings is 1. The third kappa shape index (κ3) is 4.71. The first-order valence-corrected chi connectivity index (χ1v) is 9.09. The number of carbonyl (C=O) groups is 1. The minimum atomic E-state index is -0.524. The van der Waals surface area contributed by atoms with Crippen LogP contribution in [0.1, 0.15) is 32.1 Å². The smallest absolute Gasteiger partial charge is 0.220 e. The molecule has 1 saturated heterocycles. The molecule has 2 aliphatic rings. The van der Waals surface area contributed by atoms with Crippen LogP contribution in [0, 0.1) is 11.8 Å². The Labute approximate surface area is 143 Å². The Kier molecular flexibility index (Phi) is 6.10. The van der Waals surface area contributed by atoms with E-state index >= 15 is 0 Å². The van der Waals surface area contributed by atoms with Gasteiger partial charge in [-0.2, -0.15) is 0 Å². The molecule has 0 unspecified atom stereocenters. The summed E-state index contributed by atoms with van der Waals surface area (Å²) in [5, 5.41) is 16.8. The Hall–Kier alpha value is -1.59. The summed E-state index contributed by atoms with van der Waals surface area (Å²) >= 11 is 0. The van der Waals surface area contributed by atoms with Gasteiger partial charge >= 0.3 is 0 Å². The van der Waals surface area contributed by atoms with Crippen LogP contribution in [-0.4, -0.2) is 42.9 Å². The Balaban J connectivity index is 1.40. The Morgan fingerprint density at radius 3 is 2.67 bits per heavy atom. The predicted molar refractivity (Wildman–Crippen MR) is 92.8 cm³/mol. The molecule has 1 heterocycles. The number of para-hydroxylation sites is 1. The molecule has 1 saturated carbocycles. The maximum atomic E-state index is 12.1. The van der Waals surface area contributed by atoms with Crippen LogP contribution in [0.2, 0.25) is 0 Å². The number of aliphatic hydroxyl groups excluding tert-OH is 1. The summed E-state index contributed by atoms with van der Waals surface area (Å²) in [5.74, 6) is 1.48. The number of aliphatic hydroxyl groups is 1. The van der Waals surface area contributed by atoms with Gasteiger partial charge in [-0.1, -0.05) is 18.2 Å². The predicted octanol–water partition coefficient (Wildman–Crippen LogP) is 1.71. The topological polar surface area (TPSA) is 70.6 Å². The highest BCUT2D eigenvalue weighted by Gasteiger charge is 2.36. The summed E-state index contributed by atoms with van der Waals surface area (Å²) in [4.78, 5) is 12.1. The van der Waals surface area contributed by atoms with Crippen LogP contribution in [-0.2, 0) is 4.79 Å². The third-order valence-corrected chi connectivity index (χ3v) is 5.21. The highest BCUT2D eigenvalue weighted by molar-refractivity contribution is 5.76. The second-order valence-corrected chi connectivity index (χ2v) is 7.00. The molecular weight excluding hydrogens is 304 g/mol. The van der Waals surface area contributed by atoms with Gasteiger partial charge < -0.3 is 20.5 Å². The summed E-state index contributed by atoms with van der Waals surface area (Å²) in [6, 6.07) is 9.60. The maximum absolute atomic E-state index is 12.1. The Morgan fingerprint density at radius 1 is 1.17 bits per heavy atom. The number of amides is 1. The molecule has 1 amide bonds. The summed E-state index contributed by atoms with van der Waals surface area (Å²) in [6.45, 7) is 2.56. The lowest BCUT2D eigenvalue weighted by atomic mass is 9.94. The van der Waals surface area contributed by atoms with Crippen LogP contribution in [0.5, 0.6) is 5.75 Å². The van der Waals surface area contributed by atoms with Gasteiger partial charge in [0.25, 0.3) is 0 Å². The first-order chi connectivity index (χ1) is 11.7. The average Bonchev–Trinajstić information content (AvgIpc) is 2.95. The standard InChI is InChI=1S/C19H28N2O3/c22-18(12-14-8-10-20-11-9-14)21-13-15-6-7-17(19(15)23)24-16-4-2-1-3-5-16/h1-5,14-15,17,19-20,23H,6-13H2,(H,21,22)/t15-,17-,19-/m1/s1. The van der Waals surface area contributed by atoms with Crippen molar-refractivity contribution < 1.29 is 14.6 Å². The van der Waals surface area contributed by atoms with Crippen molar-refractivity contribution in [2.45, 2.75) is 44.3 Å². The van der Waals surface area contributed by atoms with Crippen molar-refractivity contribution in [1.29, 1.82) is 0 Å². The normalized spacial score (nSPS) is 27.8. The largest absolute Gasteiger partial charge is 0.488 e. The molecular formula is C19H28N2O3. The molecule has 0 spiro atoms. The fraction of sp³-hybridized carbons (Fsp3) is 0.632. The van der Waals surface area contributed by atoms with Gasteiger partial charge in [0.05, 0.1) is 6.10 Å². The highest BCUT2D eigenvalue weighted by atomic mass is 16.5. The summed E-state index contributed by atoms with van der Waals surface area (Å²) in [7, 11) is 0. The monoisotopic (exact) mass is 332 g/mol. The third-order valence-electron chi connectivity index (χ3n) is 5.21. The molecule has 0 aromatic heterocycles. The van der Waals surface area contributed by atoms with E-state index in [1.165, 1.54) is 0 Å². The lowest BCUT2D eigenvalue weighted by Gasteiger charge is -2.23. The van der Waals surface area contributed by atoms with E-state index in [1.807, 2.05) is 30.3 Å². The second-order valence-electron chi connectivity index (χ2n) is 7.00. The van der Waals surface area contributed by atoms with E-state index in [1.54, 1.807) is 0 Å². The Morgan fingerprint density at radius 2 is 1.92 bits per heavy atom. The average molecular weight is 332 g/mol. The van der Waals surface area contributed by atoms with E-state index < -0.39 is 6.10 Å². The van der Waals surface area contributed by atoms with E-state index in [4.69, 9.17) is 4.74 Å². The van der Waals surface area contributed by atoms with Crippen LogP contribution >= 0.6 is 0 Å². The van der Waals surface area contributed by atoms with Gasteiger partial charge in [-0.25, -0.2) is 0 Å². The zero-order chi connectivity index (χ0) is 16.8.